The van der Waals surface area contributed by atoms with Crippen molar-refractivity contribution in [1.29, 1.82) is 0 Å². The third kappa shape index (κ3) is 3.11. The minimum Gasteiger partial charge on any atom is -0.432 e. The van der Waals surface area contributed by atoms with Gasteiger partial charge in [0.2, 0.25) is 11.7 Å². The van der Waals surface area contributed by atoms with Crippen LogP contribution in [-0.2, 0) is 12.1 Å². The van der Waals surface area contributed by atoms with Crippen LogP contribution in [0.2, 0.25) is 0 Å². The highest BCUT2D eigenvalue weighted by Gasteiger charge is 2.39. The summed E-state index contributed by atoms with van der Waals surface area (Å²) in [4.78, 5) is 27.0. The highest BCUT2D eigenvalue weighted by atomic mass is 19.1. The molecule has 0 saturated heterocycles. The van der Waals surface area contributed by atoms with E-state index in [4.69, 9.17) is 9.52 Å². The fourth-order valence-corrected chi connectivity index (χ4v) is 4.08. The lowest BCUT2D eigenvalue weighted by atomic mass is 9.99. The number of rotatable bonds is 3. The predicted molar refractivity (Wildman–Crippen MR) is 110 cm³/mol. The van der Waals surface area contributed by atoms with Crippen molar-refractivity contribution < 1.29 is 13.6 Å². The van der Waals surface area contributed by atoms with E-state index in [1.807, 2.05) is 35.7 Å². The Balaban J connectivity index is 1.61. The summed E-state index contributed by atoms with van der Waals surface area (Å²) in [6.45, 7) is 6.78. The van der Waals surface area contributed by atoms with Crippen molar-refractivity contribution in [3.05, 3.63) is 70.7 Å². The van der Waals surface area contributed by atoms with Crippen LogP contribution in [0.3, 0.4) is 0 Å². The quantitative estimate of drug-likeness (QED) is 0.544. The first-order chi connectivity index (χ1) is 14.7. The number of halogens is 1. The van der Waals surface area contributed by atoms with E-state index < -0.39 is 11.7 Å². The molecule has 9 heteroatoms. The summed E-state index contributed by atoms with van der Waals surface area (Å²) in [6, 6.07) is 7.39. The van der Waals surface area contributed by atoms with E-state index in [2.05, 4.69) is 15.0 Å². The first kappa shape index (κ1) is 19.5. The van der Waals surface area contributed by atoms with Crippen molar-refractivity contribution in [1.82, 2.24) is 29.5 Å². The number of nitrogens with zero attached hydrogens (tertiary/aromatic N) is 5. The van der Waals surface area contributed by atoms with Gasteiger partial charge in [-0.3, -0.25) is 4.79 Å². The summed E-state index contributed by atoms with van der Waals surface area (Å²) in [5, 5.41) is 4.77. The Kier molecular flexibility index (Phi) is 4.25. The molecule has 0 radical (unpaired) electrons. The number of pyridine rings is 1. The third-order valence-corrected chi connectivity index (χ3v) is 5.66. The third-order valence-electron chi connectivity index (χ3n) is 5.66. The number of imidazole rings is 1. The van der Waals surface area contributed by atoms with Crippen molar-refractivity contribution in [2.75, 3.05) is 6.54 Å². The molecule has 4 aromatic rings. The van der Waals surface area contributed by atoms with Crippen LogP contribution in [0.25, 0.3) is 5.52 Å². The topological polar surface area (TPSA) is 92.3 Å². The van der Waals surface area contributed by atoms with E-state index in [-0.39, 0.29) is 17.6 Å². The number of H-pyrrole nitrogens is 1. The monoisotopic (exact) mass is 422 g/mol. The summed E-state index contributed by atoms with van der Waals surface area (Å²) in [7, 11) is 0. The van der Waals surface area contributed by atoms with Gasteiger partial charge in [0.05, 0.1) is 28.9 Å². The molecule has 0 fully saturated rings. The molecule has 1 amide bonds. The fraction of sp³-hybridized carbons (Fsp3) is 0.364. The minimum absolute atomic E-state index is 0.0460. The van der Waals surface area contributed by atoms with Crippen LogP contribution in [0.15, 0.2) is 35.0 Å². The van der Waals surface area contributed by atoms with Gasteiger partial charge in [-0.15, -0.1) is 0 Å². The van der Waals surface area contributed by atoms with Crippen LogP contribution in [0.5, 0.6) is 0 Å². The SMILES string of the molecule is Cc1nc(C(C)(C)F)oc1C(=O)N1CCc2[nH]cnc2C1c1cc2cccc(C)n2n1. The summed E-state index contributed by atoms with van der Waals surface area (Å²) in [5.74, 6) is -0.414. The Hall–Kier alpha value is -3.49. The van der Waals surface area contributed by atoms with Crippen LogP contribution in [0.4, 0.5) is 4.39 Å². The van der Waals surface area contributed by atoms with Crippen molar-refractivity contribution in [3.8, 4) is 0 Å². The Morgan fingerprint density at radius 2 is 2.13 bits per heavy atom. The van der Waals surface area contributed by atoms with E-state index in [1.165, 1.54) is 13.8 Å². The number of amides is 1. The Labute approximate surface area is 178 Å². The van der Waals surface area contributed by atoms with Gasteiger partial charge in [-0.2, -0.15) is 5.10 Å². The summed E-state index contributed by atoms with van der Waals surface area (Å²) >= 11 is 0. The van der Waals surface area contributed by atoms with Gasteiger partial charge in [0, 0.05) is 24.4 Å². The van der Waals surface area contributed by atoms with Crippen LogP contribution < -0.4 is 0 Å². The van der Waals surface area contributed by atoms with Crippen molar-refractivity contribution >= 4 is 11.4 Å². The molecule has 0 aromatic carbocycles. The Morgan fingerprint density at radius 1 is 1.32 bits per heavy atom. The minimum atomic E-state index is -1.78. The first-order valence-electron chi connectivity index (χ1n) is 10.2. The predicted octanol–water partition coefficient (Wildman–Crippen LogP) is 3.65. The molecule has 5 rings (SSSR count). The van der Waals surface area contributed by atoms with Crippen molar-refractivity contribution in [3.63, 3.8) is 0 Å². The number of aromatic amines is 1. The zero-order valence-electron chi connectivity index (χ0n) is 17.8. The molecule has 0 saturated carbocycles. The fourth-order valence-electron chi connectivity index (χ4n) is 4.08. The second kappa shape index (κ2) is 6.76. The number of hydrogen-bond donors (Lipinski definition) is 1. The standard InChI is InChI=1S/C22H23FN6O2/c1-12-6-5-7-14-10-16(27-29(12)14)18-17-15(24-11-25-17)8-9-28(18)20(30)19-13(2)26-21(31-19)22(3,4)23/h5-7,10-11,18H,8-9H2,1-4H3,(H,24,25). The first-order valence-corrected chi connectivity index (χ1v) is 10.2. The molecule has 8 nitrogen and oxygen atoms in total. The van der Waals surface area contributed by atoms with Gasteiger partial charge < -0.3 is 14.3 Å². The van der Waals surface area contributed by atoms with E-state index in [1.54, 1.807) is 18.2 Å². The van der Waals surface area contributed by atoms with E-state index in [0.717, 1.165) is 22.6 Å². The number of aromatic nitrogens is 5. The molecule has 0 spiro atoms. The molecule has 31 heavy (non-hydrogen) atoms. The van der Waals surface area contributed by atoms with E-state index in [0.29, 0.717) is 24.4 Å². The van der Waals surface area contributed by atoms with Gasteiger partial charge in [-0.1, -0.05) is 6.07 Å². The second-order valence-corrected chi connectivity index (χ2v) is 8.40. The maximum absolute atomic E-state index is 14.4. The molecule has 4 aromatic heterocycles. The highest BCUT2D eigenvalue weighted by molar-refractivity contribution is 5.93. The molecule has 1 aliphatic rings. The molecule has 160 valence electrons. The molecular formula is C22H23FN6O2. The van der Waals surface area contributed by atoms with Crippen LogP contribution in [0, 0.1) is 13.8 Å². The van der Waals surface area contributed by atoms with Gasteiger partial charge in [-0.05, 0) is 45.9 Å². The average Bonchev–Trinajstić information content (AvgIpc) is 3.44. The lowest BCUT2D eigenvalue weighted by Crippen LogP contribution is -2.41. The maximum Gasteiger partial charge on any atom is 0.292 e. The highest BCUT2D eigenvalue weighted by Crippen LogP contribution is 2.35. The molecule has 0 aliphatic carbocycles. The number of alkyl halides is 1. The average molecular weight is 422 g/mol. The van der Waals surface area contributed by atoms with Gasteiger partial charge in [0.25, 0.3) is 5.91 Å². The smallest absolute Gasteiger partial charge is 0.292 e. The van der Waals surface area contributed by atoms with Gasteiger partial charge >= 0.3 is 0 Å². The molecular weight excluding hydrogens is 399 g/mol. The number of aryl methyl sites for hydroxylation is 2. The van der Waals surface area contributed by atoms with Gasteiger partial charge in [0.1, 0.15) is 6.04 Å². The second-order valence-electron chi connectivity index (χ2n) is 8.40. The zero-order valence-corrected chi connectivity index (χ0v) is 17.8. The molecule has 0 bridgehead atoms. The number of hydrogen-bond acceptors (Lipinski definition) is 5. The maximum atomic E-state index is 14.4. The van der Waals surface area contributed by atoms with E-state index in [9.17, 15) is 9.18 Å². The number of oxazole rings is 1. The molecule has 5 heterocycles. The van der Waals surface area contributed by atoms with Crippen LogP contribution in [-0.4, -0.2) is 41.9 Å². The van der Waals surface area contributed by atoms with Crippen LogP contribution >= 0.6 is 0 Å². The normalized spacial score (nSPS) is 16.7. The lowest BCUT2D eigenvalue weighted by molar-refractivity contribution is 0.0642. The number of fused-ring (bicyclic) bond motifs is 2. The number of nitrogens with one attached hydrogen (secondary N) is 1. The number of carbonyl (C=O) groups excluding carboxylic acids is 1. The summed E-state index contributed by atoms with van der Waals surface area (Å²) in [6.07, 6.45) is 2.26. The molecule has 1 N–H and O–H groups in total. The Bertz CT molecular complexity index is 1300. The zero-order chi connectivity index (χ0) is 21.9. The van der Waals surface area contributed by atoms with Crippen LogP contribution in [0.1, 0.15) is 64.8 Å². The van der Waals surface area contributed by atoms with Crippen molar-refractivity contribution in [2.45, 2.75) is 45.8 Å². The lowest BCUT2D eigenvalue weighted by Gasteiger charge is -2.33. The Morgan fingerprint density at radius 3 is 2.84 bits per heavy atom. The number of carbonyl (C=O) groups is 1. The van der Waals surface area contributed by atoms with E-state index >= 15 is 0 Å². The van der Waals surface area contributed by atoms with Gasteiger partial charge in [-0.25, -0.2) is 18.9 Å². The molecule has 1 unspecified atom stereocenters. The molecule has 1 aliphatic heterocycles. The van der Waals surface area contributed by atoms with Crippen molar-refractivity contribution in [2.24, 2.45) is 0 Å². The largest absolute Gasteiger partial charge is 0.432 e. The summed E-state index contributed by atoms with van der Waals surface area (Å²) < 4.78 is 21.8. The molecule has 1 atom stereocenters. The summed E-state index contributed by atoms with van der Waals surface area (Å²) in [5.41, 5.74) is 2.94. The van der Waals surface area contributed by atoms with Gasteiger partial charge in [0.15, 0.2) is 5.67 Å².